The highest BCUT2D eigenvalue weighted by atomic mass is 19.3. The highest BCUT2D eigenvalue weighted by molar-refractivity contribution is 5.81. The van der Waals surface area contributed by atoms with Crippen molar-refractivity contribution < 1.29 is 18.4 Å². The molecule has 3 saturated heterocycles. The number of hydrogen-bond acceptors (Lipinski definition) is 3. The van der Waals surface area contributed by atoms with Gasteiger partial charge in [-0.05, 0) is 12.8 Å². The van der Waals surface area contributed by atoms with Crippen LogP contribution >= 0.6 is 0 Å². The zero-order valence-corrected chi connectivity index (χ0v) is 12.5. The average molecular weight is 316 g/mol. The van der Waals surface area contributed by atoms with Crippen molar-refractivity contribution in [3.63, 3.8) is 0 Å². The van der Waals surface area contributed by atoms with Gasteiger partial charge < -0.3 is 15.1 Å². The van der Waals surface area contributed by atoms with Gasteiger partial charge in [-0.3, -0.25) is 9.69 Å². The average Bonchev–Trinajstić information content (AvgIpc) is 2.88. The van der Waals surface area contributed by atoms with Crippen LogP contribution in [0.5, 0.6) is 0 Å². The van der Waals surface area contributed by atoms with E-state index >= 15 is 0 Å². The molecule has 0 aromatic rings. The fourth-order valence-corrected chi connectivity index (χ4v) is 3.57. The van der Waals surface area contributed by atoms with E-state index in [9.17, 15) is 18.4 Å². The van der Waals surface area contributed by atoms with Crippen LogP contribution in [0.2, 0.25) is 0 Å². The van der Waals surface area contributed by atoms with E-state index in [1.54, 1.807) is 4.90 Å². The molecule has 22 heavy (non-hydrogen) atoms. The number of carbonyl (C=O) groups excluding carboxylic acids is 2. The predicted molar refractivity (Wildman–Crippen MR) is 75.6 cm³/mol. The number of halogens is 2. The van der Waals surface area contributed by atoms with E-state index in [-0.39, 0.29) is 30.4 Å². The minimum absolute atomic E-state index is 0.0500. The summed E-state index contributed by atoms with van der Waals surface area (Å²) in [5.41, 5.74) is 0. The summed E-state index contributed by atoms with van der Waals surface area (Å²) in [7, 11) is 0. The van der Waals surface area contributed by atoms with Gasteiger partial charge in [0.05, 0.1) is 18.5 Å². The molecule has 3 fully saturated rings. The Kier molecular flexibility index (Phi) is 4.46. The van der Waals surface area contributed by atoms with E-state index in [1.807, 2.05) is 9.80 Å². The number of alkyl halides is 2. The smallest absolute Gasteiger partial charge is 0.317 e. The van der Waals surface area contributed by atoms with E-state index in [1.165, 1.54) is 0 Å². The fraction of sp³-hybridized carbons (Fsp3) is 0.857. The van der Waals surface area contributed by atoms with Crippen LogP contribution in [0.15, 0.2) is 0 Å². The van der Waals surface area contributed by atoms with Crippen LogP contribution in [0.3, 0.4) is 0 Å². The molecule has 0 spiro atoms. The standard InChI is InChI=1S/C14H22F2N4O2/c15-12(16)9-18-6-10(7-18)13(21)19-4-1-2-11(8-19)20-5-3-17-14(20)22/h10-12H,1-9H2,(H,17,22). The first-order chi connectivity index (χ1) is 10.5. The molecule has 1 unspecified atom stereocenters. The normalized spacial score (nSPS) is 27.2. The number of urea groups is 1. The molecule has 3 amide bonds. The molecule has 1 N–H and O–H groups in total. The lowest BCUT2D eigenvalue weighted by Crippen LogP contribution is -2.58. The summed E-state index contributed by atoms with van der Waals surface area (Å²) in [6.45, 7) is 3.22. The Hall–Kier alpha value is -1.44. The first-order valence-electron chi connectivity index (χ1n) is 7.88. The summed E-state index contributed by atoms with van der Waals surface area (Å²) in [5, 5.41) is 2.79. The molecule has 1 atom stereocenters. The number of rotatable bonds is 4. The van der Waals surface area contributed by atoms with Crippen molar-refractivity contribution in [3.05, 3.63) is 0 Å². The molecule has 0 saturated carbocycles. The molecule has 0 aliphatic carbocycles. The van der Waals surface area contributed by atoms with Crippen LogP contribution in [0, 0.1) is 5.92 Å². The van der Waals surface area contributed by atoms with Gasteiger partial charge in [0, 0.05) is 39.3 Å². The van der Waals surface area contributed by atoms with E-state index in [4.69, 9.17) is 0 Å². The van der Waals surface area contributed by atoms with E-state index in [2.05, 4.69) is 5.32 Å². The van der Waals surface area contributed by atoms with Gasteiger partial charge in [0.1, 0.15) is 0 Å². The van der Waals surface area contributed by atoms with Gasteiger partial charge in [-0.1, -0.05) is 0 Å². The van der Waals surface area contributed by atoms with Crippen molar-refractivity contribution in [1.29, 1.82) is 0 Å². The molecule has 3 heterocycles. The molecule has 3 rings (SSSR count). The summed E-state index contributed by atoms with van der Waals surface area (Å²) in [6.07, 6.45) is -0.545. The van der Waals surface area contributed by atoms with Crippen molar-refractivity contribution in [2.75, 3.05) is 45.8 Å². The Labute approximate surface area is 128 Å². The van der Waals surface area contributed by atoms with Crippen LogP contribution in [-0.2, 0) is 4.79 Å². The van der Waals surface area contributed by atoms with Gasteiger partial charge >= 0.3 is 6.03 Å². The van der Waals surface area contributed by atoms with Crippen molar-refractivity contribution >= 4 is 11.9 Å². The van der Waals surface area contributed by atoms with Crippen molar-refractivity contribution in [2.24, 2.45) is 5.92 Å². The first-order valence-corrected chi connectivity index (χ1v) is 7.88. The lowest BCUT2D eigenvalue weighted by molar-refractivity contribution is -0.144. The quantitative estimate of drug-likeness (QED) is 0.806. The van der Waals surface area contributed by atoms with E-state index < -0.39 is 6.43 Å². The SMILES string of the molecule is O=C(C1CN(CC(F)F)C1)N1CCCC(N2CCNC2=O)C1. The minimum Gasteiger partial charge on any atom is -0.340 e. The number of piperidine rings is 1. The molecule has 0 aromatic carbocycles. The highest BCUT2D eigenvalue weighted by Gasteiger charge is 2.39. The molecule has 0 aromatic heterocycles. The predicted octanol–water partition coefficient (Wildman–Crippen LogP) is 0.200. The first kappa shape index (κ1) is 15.5. The van der Waals surface area contributed by atoms with Gasteiger partial charge in [0.15, 0.2) is 0 Å². The molecule has 0 radical (unpaired) electrons. The molecule has 0 bridgehead atoms. The summed E-state index contributed by atoms with van der Waals surface area (Å²) in [5.74, 6) is -0.111. The second-order valence-corrected chi connectivity index (χ2v) is 6.31. The van der Waals surface area contributed by atoms with Crippen LogP contribution in [-0.4, -0.2) is 84.9 Å². The maximum atomic E-state index is 12.4. The van der Waals surface area contributed by atoms with Gasteiger partial charge in [0.2, 0.25) is 5.91 Å². The third-order valence-electron chi connectivity index (χ3n) is 4.74. The molecule has 124 valence electrons. The Morgan fingerprint density at radius 3 is 2.68 bits per heavy atom. The van der Waals surface area contributed by atoms with Crippen LogP contribution in [0.25, 0.3) is 0 Å². The zero-order chi connectivity index (χ0) is 15.7. The Balaban J connectivity index is 1.50. The minimum atomic E-state index is -2.34. The fourth-order valence-electron chi connectivity index (χ4n) is 3.57. The molecular formula is C14H22F2N4O2. The second-order valence-electron chi connectivity index (χ2n) is 6.31. The second kappa shape index (κ2) is 6.36. The molecule has 8 heteroatoms. The Morgan fingerprint density at radius 1 is 1.27 bits per heavy atom. The molecular weight excluding hydrogens is 294 g/mol. The Morgan fingerprint density at radius 2 is 2.05 bits per heavy atom. The highest BCUT2D eigenvalue weighted by Crippen LogP contribution is 2.23. The Bertz CT molecular complexity index is 443. The monoisotopic (exact) mass is 316 g/mol. The maximum absolute atomic E-state index is 12.4. The number of amides is 3. The lowest BCUT2D eigenvalue weighted by Gasteiger charge is -2.43. The number of carbonyl (C=O) groups is 2. The van der Waals surface area contributed by atoms with Gasteiger partial charge in [0.25, 0.3) is 6.43 Å². The largest absolute Gasteiger partial charge is 0.340 e. The number of nitrogens with zero attached hydrogens (tertiary/aromatic N) is 3. The number of likely N-dealkylation sites (tertiary alicyclic amines) is 2. The van der Waals surface area contributed by atoms with Crippen molar-refractivity contribution in [3.8, 4) is 0 Å². The van der Waals surface area contributed by atoms with Gasteiger partial charge in [-0.25, -0.2) is 13.6 Å². The lowest BCUT2D eigenvalue weighted by atomic mass is 9.96. The summed E-state index contributed by atoms with van der Waals surface area (Å²) >= 11 is 0. The van der Waals surface area contributed by atoms with Crippen LogP contribution < -0.4 is 5.32 Å². The van der Waals surface area contributed by atoms with Crippen LogP contribution in [0.1, 0.15) is 12.8 Å². The maximum Gasteiger partial charge on any atom is 0.317 e. The van der Waals surface area contributed by atoms with E-state index in [0.29, 0.717) is 39.3 Å². The topological polar surface area (TPSA) is 55.9 Å². The molecule has 3 aliphatic heterocycles. The van der Waals surface area contributed by atoms with Gasteiger partial charge in [-0.15, -0.1) is 0 Å². The summed E-state index contributed by atoms with van der Waals surface area (Å²) in [4.78, 5) is 29.4. The van der Waals surface area contributed by atoms with Crippen LogP contribution in [0.4, 0.5) is 13.6 Å². The zero-order valence-electron chi connectivity index (χ0n) is 12.5. The molecule has 6 nitrogen and oxygen atoms in total. The summed E-state index contributed by atoms with van der Waals surface area (Å²) in [6, 6.07) is 0.0310. The van der Waals surface area contributed by atoms with Crippen molar-refractivity contribution in [2.45, 2.75) is 25.3 Å². The number of hydrogen-bond donors (Lipinski definition) is 1. The molecule has 3 aliphatic rings. The third-order valence-corrected chi connectivity index (χ3v) is 4.74. The van der Waals surface area contributed by atoms with E-state index in [0.717, 1.165) is 12.8 Å². The third kappa shape index (κ3) is 3.16. The van der Waals surface area contributed by atoms with Gasteiger partial charge in [-0.2, -0.15) is 0 Å². The summed E-state index contributed by atoms with van der Waals surface area (Å²) < 4.78 is 24.5. The number of nitrogens with one attached hydrogen (secondary N) is 1. The van der Waals surface area contributed by atoms with Crippen molar-refractivity contribution in [1.82, 2.24) is 20.0 Å².